The van der Waals surface area contributed by atoms with Gasteiger partial charge in [0, 0.05) is 6.20 Å². The summed E-state index contributed by atoms with van der Waals surface area (Å²) in [5, 5.41) is 0.556. The molecule has 0 aromatic carbocycles. The molecule has 0 fully saturated rings. The summed E-state index contributed by atoms with van der Waals surface area (Å²) in [6.07, 6.45) is 2.84. The Kier molecular flexibility index (Phi) is 1.96. The molecular weight excluding hydrogens is 161 g/mol. The minimum atomic E-state index is -2.31. The van der Waals surface area contributed by atoms with Crippen molar-refractivity contribution in [2.45, 2.75) is 0 Å². The van der Waals surface area contributed by atoms with Crippen LogP contribution in [-0.2, 0) is 4.57 Å². The maximum Gasteiger partial charge on any atom is 0.137 e. The SMILES string of the molecule is CP(C)(=O)c1cncnc1N. The number of hydrogen-bond acceptors (Lipinski definition) is 4. The summed E-state index contributed by atoms with van der Waals surface area (Å²) in [5.41, 5.74) is 5.48. The zero-order valence-electron chi connectivity index (χ0n) is 6.48. The van der Waals surface area contributed by atoms with Crippen LogP contribution in [0.5, 0.6) is 0 Å². The van der Waals surface area contributed by atoms with Gasteiger partial charge in [-0.15, -0.1) is 0 Å². The average Bonchev–Trinajstić information content (AvgIpc) is 1.86. The van der Waals surface area contributed by atoms with Gasteiger partial charge in [-0.3, -0.25) is 0 Å². The molecule has 0 aliphatic heterocycles. The van der Waals surface area contributed by atoms with Crippen LogP contribution in [0.25, 0.3) is 0 Å². The van der Waals surface area contributed by atoms with Crippen molar-refractivity contribution in [3.05, 3.63) is 12.5 Å². The van der Waals surface area contributed by atoms with E-state index in [-0.39, 0.29) is 0 Å². The highest BCUT2D eigenvalue weighted by molar-refractivity contribution is 7.70. The summed E-state index contributed by atoms with van der Waals surface area (Å²) in [4.78, 5) is 7.49. The van der Waals surface area contributed by atoms with E-state index in [1.807, 2.05) is 0 Å². The first kappa shape index (κ1) is 8.21. The quantitative estimate of drug-likeness (QED) is 0.617. The Balaban J connectivity index is 3.25. The minimum Gasteiger partial charge on any atom is -0.383 e. The van der Waals surface area contributed by atoms with Crippen molar-refractivity contribution in [1.82, 2.24) is 9.97 Å². The van der Waals surface area contributed by atoms with E-state index < -0.39 is 7.14 Å². The normalized spacial score (nSPS) is 11.5. The second kappa shape index (κ2) is 2.62. The van der Waals surface area contributed by atoms with Gasteiger partial charge < -0.3 is 10.3 Å². The molecule has 11 heavy (non-hydrogen) atoms. The van der Waals surface area contributed by atoms with Crippen LogP contribution in [0.2, 0.25) is 0 Å². The van der Waals surface area contributed by atoms with Gasteiger partial charge in [-0.2, -0.15) is 0 Å². The summed E-state index contributed by atoms with van der Waals surface area (Å²) in [5.74, 6) is 0.313. The molecule has 0 radical (unpaired) electrons. The highest BCUT2D eigenvalue weighted by Crippen LogP contribution is 2.35. The molecule has 0 unspecified atom stereocenters. The molecule has 0 aliphatic rings. The number of aromatic nitrogens is 2. The monoisotopic (exact) mass is 171 g/mol. The largest absolute Gasteiger partial charge is 0.383 e. The summed E-state index contributed by atoms with van der Waals surface area (Å²) in [6.45, 7) is 3.28. The lowest BCUT2D eigenvalue weighted by atomic mass is 10.6. The molecule has 1 rings (SSSR count). The van der Waals surface area contributed by atoms with Crippen LogP contribution in [-0.4, -0.2) is 23.3 Å². The van der Waals surface area contributed by atoms with Gasteiger partial charge in [0.1, 0.15) is 19.3 Å². The van der Waals surface area contributed by atoms with E-state index in [1.54, 1.807) is 13.3 Å². The number of anilines is 1. The predicted molar refractivity (Wildman–Crippen MR) is 45.5 cm³/mol. The molecule has 1 heterocycles. The fourth-order valence-electron chi connectivity index (χ4n) is 0.747. The van der Waals surface area contributed by atoms with E-state index in [0.717, 1.165) is 0 Å². The van der Waals surface area contributed by atoms with Gasteiger partial charge in [-0.25, -0.2) is 9.97 Å². The van der Waals surface area contributed by atoms with E-state index in [1.165, 1.54) is 12.5 Å². The van der Waals surface area contributed by atoms with Crippen LogP contribution in [0.4, 0.5) is 5.82 Å². The topological polar surface area (TPSA) is 68.9 Å². The van der Waals surface area contributed by atoms with Gasteiger partial charge in [-0.05, 0) is 13.3 Å². The van der Waals surface area contributed by atoms with Crippen LogP contribution in [0.3, 0.4) is 0 Å². The van der Waals surface area contributed by atoms with Gasteiger partial charge in [0.05, 0.1) is 5.30 Å². The first-order valence-corrected chi connectivity index (χ1v) is 5.73. The van der Waals surface area contributed by atoms with Gasteiger partial charge in [0.2, 0.25) is 0 Å². The summed E-state index contributed by atoms with van der Waals surface area (Å²) in [6, 6.07) is 0. The van der Waals surface area contributed by atoms with Crippen molar-refractivity contribution in [2.24, 2.45) is 0 Å². The Labute approximate surface area is 65.2 Å². The molecule has 0 atom stereocenters. The van der Waals surface area contributed by atoms with Crippen molar-refractivity contribution in [3.63, 3.8) is 0 Å². The van der Waals surface area contributed by atoms with Gasteiger partial charge in [-0.1, -0.05) is 0 Å². The molecule has 0 saturated carbocycles. The molecule has 0 saturated heterocycles. The number of nitrogens with zero attached hydrogens (tertiary/aromatic N) is 2. The first-order chi connectivity index (χ1) is 5.02. The minimum absolute atomic E-state index is 0.313. The maximum atomic E-state index is 11.5. The third-order valence-corrected chi connectivity index (χ3v) is 2.81. The van der Waals surface area contributed by atoms with Crippen LogP contribution in [0.15, 0.2) is 12.5 Å². The van der Waals surface area contributed by atoms with Crippen LogP contribution < -0.4 is 11.0 Å². The number of nitrogen functional groups attached to an aromatic ring is 1. The molecule has 0 spiro atoms. The van der Waals surface area contributed by atoms with E-state index in [4.69, 9.17) is 5.73 Å². The van der Waals surface area contributed by atoms with Gasteiger partial charge in [0.15, 0.2) is 0 Å². The molecule has 0 bridgehead atoms. The number of hydrogen-bond donors (Lipinski definition) is 1. The highest BCUT2D eigenvalue weighted by Gasteiger charge is 2.14. The zero-order chi connectivity index (χ0) is 8.48. The molecule has 2 N–H and O–H groups in total. The molecule has 5 heteroatoms. The Morgan fingerprint density at radius 3 is 2.55 bits per heavy atom. The van der Waals surface area contributed by atoms with E-state index >= 15 is 0 Å². The summed E-state index contributed by atoms with van der Waals surface area (Å²) in [7, 11) is -2.31. The smallest absolute Gasteiger partial charge is 0.137 e. The van der Waals surface area contributed by atoms with Crippen LogP contribution in [0.1, 0.15) is 0 Å². The van der Waals surface area contributed by atoms with E-state index in [9.17, 15) is 4.57 Å². The second-order valence-corrected chi connectivity index (χ2v) is 5.83. The standard InChI is InChI=1S/C6H10N3OP/c1-11(2,10)5-3-8-4-9-6(5)7/h3-4H,1-2H3,(H2,7,8,9). The Hall–Kier alpha value is -0.890. The molecule has 0 amide bonds. The molecule has 1 aromatic rings. The average molecular weight is 171 g/mol. The maximum absolute atomic E-state index is 11.5. The van der Waals surface area contributed by atoms with Crippen LogP contribution >= 0.6 is 7.14 Å². The third kappa shape index (κ3) is 1.77. The Morgan fingerprint density at radius 1 is 1.55 bits per heavy atom. The molecule has 4 nitrogen and oxygen atoms in total. The molecule has 1 aromatic heterocycles. The van der Waals surface area contributed by atoms with E-state index in [2.05, 4.69) is 9.97 Å². The van der Waals surface area contributed by atoms with Crippen molar-refractivity contribution in [2.75, 3.05) is 19.1 Å². The second-order valence-electron chi connectivity index (χ2n) is 2.64. The van der Waals surface area contributed by atoms with Crippen molar-refractivity contribution in [3.8, 4) is 0 Å². The highest BCUT2D eigenvalue weighted by atomic mass is 31.2. The fraction of sp³-hybridized carbons (Fsp3) is 0.333. The van der Waals surface area contributed by atoms with Gasteiger partial charge >= 0.3 is 0 Å². The molecule has 60 valence electrons. The van der Waals surface area contributed by atoms with Crippen molar-refractivity contribution >= 4 is 18.3 Å². The van der Waals surface area contributed by atoms with Crippen molar-refractivity contribution < 1.29 is 4.57 Å². The van der Waals surface area contributed by atoms with Crippen LogP contribution in [0, 0.1) is 0 Å². The van der Waals surface area contributed by atoms with Gasteiger partial charge in [0.25, 0.3) is 0 Å². The lowest BCUT2D eigenvalue weighted by Crippen LogP contribution is -2.12. The van der Waals surface area contributed by atoms with E-state index in [0.29, 0.717) is 11.1 Å². The molecular formula is C6H10N3OP. The van der Waals surface area contributed by atoms with Crippen molar-refractivity contribution in [1.29, 1.82) is 0 Å². The summed E-state index contributed by atoms with van der Waals surface area (Å²) < 4.78 is 11.5. The molecule has 0 aliphatic carbocycles. The lowest BCUT2D eigenvalue weighted by molar-refractivity contribution is 0.588. The number of nitrogens with two attached hydrogens (primary N) is 1. The predicted octanol–water partition coefficient (Wildman–Crippen LogP) is 0.307. The summed E-state index contributed by atoms with van der Waals surface area (Å²) >= 11 is 0. The zero-order valence-corrected chi connectivity index (χ0v) is 7.38. The number of rotatable bonds is 1. The third-order valence-electron chi connectivity index (χ3n) is 1.30. The first-order valence-electron chi connectivity index (χ1n) is 3.13. The fourth-order valence-corrected chi connectivity index (χ4v) is 1.70. The Morgan fingerprint density at radius 2 is 2.18 bits per heavy atom. The Bertz CT molecular complexity index is 306. The lowest BCUT2D eigenvalue weighted by Gasteiger charge is -2.06.